The van der Waals surface area contributed by atoms with Crippen molar-refractivity contribution in [3.05, 3.63) is 47.9 Å². The van der Waals surface area contributed by atoms with Crippen LogP contribution in [0.5, 0.6) is 11.6 Å². The molecule has 2 aromatic rings. The van der Waals surface area contributed by atoms with Gasteiger partial charge in [-0.2, -0.15) is 0 Å². The number of hydrogen-bond donors (Lipinski definition) is 1. The monoisotopic (exact) mass is 290 g/mol. The van der Waals surface area contributed by atoms with E-state index in [1.54, 1.807) is 18.2 Å². The minimum atomic E-state index is -0.492. The van der Waals surface area contributed by atoms with Gasteiger partial charge in [-0.05, 0) is 23.8 Å². The van der Waals surface area contributed by atoms with E-state index in [-0.39, 0.29) is 18.1 Å². The summed E-state index contributed by atoms with van der Waals surface area (Å²) in [7, 11) is 2.90. The van der Waals surface area contributed by atoms with E-state index in [0.29, 0.717) is 17.1 Å². The standard InChI is InChI=1S/C15H15FN2O3/c1-20-13-5-3-10(7-12(13)16)8-14(19)18-11-4-6-15(21-2)17-9-11/h3-7,9H,8H2,1-2H3,(H,18,19). The first kappa shape index (κ1) is 14.8. The number of amides is 1. The highest BCUT2D eigenvalue weighted by molar-refractivity contribution is 5.92. The first-order chi connectivity index (χ1) is 10.1. The Hall–Kier alpha value is -2.63. The summed E-state index contributed by atoms with van der Waals surface area (Å²) in [6.45, 7) is 0. The molecule has 1 aromatic heterocycles. The lowest BCUT2D eigenvalue weighted by molar-refractivity contribution is -0.115. The predicted molar refractivity (Wildman–Crippen MR) is 76.1 cm³/mol. The van der Waals surface area contributed by atoms with E-state index in [4.69, 9.17) is 9.47 Å². The molecule has 0 saturated heterocycles. The molecular formula is C15H15FN2O3. The molecule has 110 valence electrons. The summed E-state index contributed by atoms with van der Waals surface area (Å²) in [5.41, 5.74) is 1.11. The average molecular weight is 290 g/mol. The van der Waals surface area contributed by atoms with E-state index in [9.17, 15) is 9.18 Å². The second-order valence-electron chi connectivity index (χ2n) is 4.28. The Bertz CT molecular complexity index is 629. The lowest BCUT2D eigenvalue weighted by atomic mass is 10.1. The van der Waals surface area contributed by atoms with Crippen LogP contribution in [0.4, 0.5) is 10.1 Å². The molecule has 2 rings (SSSR count). The zero-order valence-corrected chi connectivity index (χ0v) is 11.7. The fourth-order valence-corrected chi connectivity index (χ4v) is 1.79. The van der Waals surface area contributed by atoms with E-state index in [0.717, 1.165) is 0 Å². The Morgan fingerprint density at radius 2 is 2.05 bits per heavy atom. The third kappa shape index (κ3) is 3.92. The van der Waals surface area contributed by atoms with Crippen LogP contribution in [0.2, 0.25) is 0 Å². The Morgan fingerprint density at radius 1 is 1.24 bits per heavy atom. The van der Waals surface area contributed by atoms with Gasteiger partial charge in [0, 0.05) is 6.07 Å². The van der Waals surface area contributed by atoms with E-state index in [2.05, 4.69) is 10.3 Å². The molecule has 0 aliphatic carbocycles. The number of carbonyl (C=O) groups excluding carboxylic acids is 1. The number of hydrogen-bond acceptors (Lipinski definition) is 4. The molecule has 0 unspecified atom stereocenters. The number of rotatable bonds is 5. The molecule has 0 aliphatic heterocycles. The molecule has 0 atom stereocenters. The van der Waals surface area contributed by atoms with Crippen LogP contribution in [0.25, 0.3) is 0 Å². The number of methoxy groups -OCH3 is 2. The number of pyridine rings is 1. The lowest BCUT2D eigenvalue weighted by Gasteiger charge is -2.07. The Morgan fingerprint density at radius 3 is 2.62 bits per heavy atom. The minimum absolute atomic E-state index is 0.0624. The molecule has 5 nitrogen and oxygen atoms in total. The van der Waals surface area contributed by atoms with Crippen LogP contribution >= 0.6 is 0 Å². The van der Waals surface area contributed by atoms with Gasteiger partial charge in [-0.3, -0.25) is 4.79 Å². The summed E-state index contributed by atoms with van der Waals surface area (Å²) < 4.78 is 23.3. The number of anilines is 1. The molecule has 1 heterocycles. The first-order valence-corrected chi connectivity index (χ1v) is 6.24. The second kappa shape index (κ2) is 6.69. The van der Waals surface area contributed by atoms with Crippen molar-refractivity contribution in [3.63, 3.8) is 0 Å². The average Bonchev–Trinajstić information content (AvgIpc) is 2.48. The minimum Gasteiger partial charge on any atom is -0.494 e. The van der Waals surface area contributed by atoms with Crippen LogP contribution in [0.3, 0.4) is 0 Å². The summed E-state index contributed by atoms with van der Waals surface area (Å²) in [6.07, 6.45) is 1.55. The van der Waals surface area contributed by atoms with Crippen LogP contribution in [-0.2, 0) is 11.2 Å². The van der Waals surface area contributed by atoms with Crippen molar-refractivity contribution in [3.8, 4) is 11.6 Å². The highest BCUT2D eigenvalue weighted by Crippen LogP contribution is 2.18. The summed E-state index contributed by atoms with van der Waals surface area (Å²) in [5, 5.41) is 2.68. The van der Waals surface area contributed by atoms with Crippen molar-refractivity contribution >= 4 is 11.6 Å². The maximum absolute atomic E-state index is 13.5. The fraction of sp³-hybridized carbons (Fsp3) is 0.200. The molecule has 6 heteroatoms. The van der Waals surface area contributed by atoms with Gasteiger partial charge < -0.3 is 14.8 Å². The van der Waals surface area contributed by atoms with Gasteiger partial charge in [0.25, 0.3) is 0 Å². The van der Waals surface area contributed by atoms with Crippen molar-refractivity contribution in [2.24, 2.45) is 0 Å². The fourth-order valence-electron chi connectivity index (χ4n) is 1.79. The predicted octanol–water partition coefficient (Wildman–Crippen LogP) is 2.42. The zero-order chi connectivity index (χ0) is 15.2. The molecule has 0 bridgehead atoms. The van der Waals surface area contributed by atoms with Gasteiger partial charge in [0.1, 0.15) is 0 Å². The van der Waals surface area contributed by atoms with Gasteiger partial charge in [0.05, 0.1) is 32.5 Å². The van der Waals surface area contributed by atoms with Gasteiger partial charge in [-0.15, -0.1) is 0 Å². The largest absolute Gasteiger partial charge is 0.494 e. The van der Waals surface area contributed by atoms with Crippen molar-refractivity contribution in [1.82, 2.24) is 4.98 Å². The maximum atomic E-state index is 13.5. The van der Waals surface area contributed by atoms with Crippen LogP contribution in [0.1, 0.15) is 5.56 Å². The van der Waals surface area contributed by atoms with E-state index < -0.39 is 5.82 Å². The highest BCUT2D eigenvalue weighted by Gasteiger charge is 2.08. The van der Waals surface area contributed by atoms with Crippen LogP contribution < -0.4 is 14.8 Å². The Balaban J connectivity index is 1.99. The van der Waals surface area contributed by atoms with Crippen LogP contribution in [-0.4, -0.2) is 25.1 Å². The van der Waals surface area contributed by atoms with E-state index in [1.807, 2.05) is 0 Å². The molecule has 1 amide bonds. The third-order valence-electron chi connectivity index (χ3n) is 2.81. The second-order valence-corrected chi connectivity index (χ2v) is 4.28. The lowest BCUT2D eigenvalue weighted by Crippen LogP contribution is -2.14. The number of carbonyl (C=O) groups is 1. The Kier molecular flexibility index (Phi) is 4.71. The number of ether oxygens (including phenoxy) is 2. The topological polar surface area (TPSA) is 60.5 Å². The van der Waals surface area contributed by atoms with Gasteiger partial charge >= 0.3 is 0 Å². The quantitative estimate of drug-likeness (QED) is 0.918. The molecule has 1 aromatic carbocycles. The number of benzene rings is 1. The molecular weight excluding hydrogens is 275 g/mol. The maximum Gasteiger partial charge on any atom is 0.228 e. The number of nitrogens with one attached hydrogen (secondary N) is 1. The summed E-state index contributed by atoms with van der Waals surface area (Å²) in [4.78, 5) is 15.9. The van der Waals surface area contributed by atoms with E-state index >= 15 is 0 Å². The molecule has 0 radical (unpaired) electrons. The number of aromatic nitrogens is 1. The van der Waals surface area contributed by atoms with Gasteiger partial charge in [0.2, 0.25) is 11.8 Å². The molecule has 1 N–H and O–H groups in total. The highest BCUT2D eigenvalue weighted by atomic mass is 19.1. The third-order valence-corrected chi connectivity index (χ3v) is 2.81. The SMILES string of the molecule is COc1ccc(NC(=O)Cc2ccc(OC)c(F)c2)cn1. The molecule has 0 spiro atoms. The summed E-state index contributed by atoms with van der Waals surface area (Å²) >= 11 is 0. The van der Waals surface area contributed by atoms with Crippen LogP contribution in [0.15, 0.2) is 36.5 Å². The smallest absolute Gasteiger partial charge is 0.228 e. The van der Waals surface area contributed by atoms with Crippen molar-refractivity contribution in [2.45, 2.75) is 6.42 Å². The Labute approximate surface area is 121 Å². The molecule has 0 fully saturated rings. The normalized spacial score (nSPS) is 10.0. The zero-order valence-electron chi connectivity index (χ0n) is 11.7. The van der Waals surface area contributed by atoms with Gasteiger partial charge in [-0.25, -0.2) is 9.37 Å². The van der Waals surface area contributed by atoms with Crippen molar-refractivity contribution < 1.29 is 18.7 Å². The van der Waals surface area contributed by atoms with Crippen molar-refractivity contribution in [2.75, 3.05) is 19.5 Å². The molecule has 0 aliphatic rings. The van der Waals surface area contributed by atoms with Crippen LogP contribution in [0, 0.1) is 5.82 Å². The number of nitrogens with zero attached hydrogens (tertiary/aromatic N) is 1. The van der Waals surface area contributed by atoms with E-state index in [1.165, 1.54) is 32.5 Å². The molecule has 0 saturated carbocycles. The van der Waals surface area contributed by atoms with Crippen molar-refractivity contribution in [1.29, 1.82) is 0 Å². The molecule has 21 heavy (non-hydrogen) atoms. The first-order valence-electron chi connectivity index (χ1n) is 6.24. The van der Waals surface area contributed by atoms with Gasteiger partial charge in [0.15, 0.2) is 11.6 Å². The van der Waals surface area contributed by atoms with Gasteiger partial charge in [-0.1, -0.05) is 6.07 Å². The summed E-state index contributed by atoms with van der Waals surface area (Å²) in [6, 6.07) is 7.74. The summed E-state index contributed by atoms with van der Waals surface area (Å²) in [5.74, 6) is -0.135. The number of halogens is 1.